The van der Waals surface area contributed by atoms with E-state index < -0.39 is 188 Å². The number of fused-ring (bicyclic) bond motifs is 2. The minimum absolute atomic E-state index is 0.000877. The summed E-state index contributed by atoms with van der Waals surface area (Å²) < 4.78 is 10.9. The first-order valence-electron chi connectivity index (χ1n) is 48.7. The van der Waals surface area contributed by atoms with E-state index in [-0.39, 0.29) is 147 Å². The third kappa shape index (κ3) is 43.4. The number of ketones is 1. The van der Waals surface area contributed by atoms with Crippen LogP contribution in [0.25, 0.3) is 10.9 Å². The maximum absolute atomic E-state index is 15.4. The fourth-order valence-corrected chi connectivity index (χ4v) is 16.2. The number of amides is 15. The second kappa shape index (κ2) is 63.6. The fourth-order valence-electron chi connectivity index (χ4n) is 16.2. The lowest BCUT2D eigenvalue weighted by Gasteiger charge is -2.31. The molecule has 0 radical (unpaired) electrons. The number of Topliss-reactive ketones (excluding diaryl/α,β-unsaturated/α-hetero) is 1. The zero-order chi connectivity index (χ0) is 101. The number of hydrogen-bond donors (Lipinski definition) is 20. The van der Waals surface area contributed by atoms with Crippen LogP contribution in [0.5, 0.6) is 0 Å². The molecule has 5 heterocycles. The first-order valence-corrected chi connectivity index (χ1v) is 48.7. The lowest BCUT2D eigenvalue weighted by molar-refractivity contribution is -0.143. The summed E-state index contributed by atoms with van der Waals surface area (Å²) in [6, 6.07) is 1.55. The van der Waals surface area contributed by atoms with Crippen molar-refractivity contribution < 1.29 is 91.3 Å². The molecule has 3 aromatic heterocycles. The summed E-state index contributed by atoms with van der Waals surface area (Å²) >= 11 is 0. The van der Waals surface area contributed by atoms with Crippen molar-refractivity contribution in [3.05, 3.63) is 96.0 Å². The molecule has 7 rings (SSSR count). The number of tetrazole rings is 1. The molecule has 45 nitrogen and oxygen atoms in total. The molecule has 2 aliphatic heterocycles. The molecule has 766 valence electrons. The van der Waals surface area contributed by atoms with Crippen LogP contribution in [-0.4, -0.2) is 316 Å². The lowest BCUT2D eigenvalue weighted by Crippen LogP contribution is -2.60. The normalized spacial score (nSPS) is 17.9. The first-order chi connectivity index (χ1) is 67.0. The number of aliphatic hydroxyl groups excluding tert-OH is 1. The fraction of sp³-hybridized carbons (Fsp3) is 0.628. The largest absolute Gasteiger partial charge is 0.394 e. The zero-order valence-electron chi connectivity index (χ0n) is 80.6. The summed E-state index contributed by atoms with van der Waals surface area (Å²) in [5.41, 5.74) is 13.4. The zero-order valence-corrected chi connectivity index (χ0v) is 80.6. The molecule has 0 spiro atoms. The Hall–Kier alpha value is -12.9. The summed E-state index contributed by atoms with van der Waals surface area (Å²) in [5.74, 6) is -11.8. The predicted molar refractivity (Wildman–Crippen MR) is 513 cm³/mol. The summed E-state index contributed by atoms with van der Waals surface area (Å²) in [7, 11) is 3.39. The lowest BCUT2D eigenvalue weighted by atomic mass is 10.0. The molecule has 2 aliphatic rings. The third-order valence-corrected chi connectivity index (χ3v) is 23.9. The summed E-state index contributed by atoms with van der Waals surface area (Å²) in [5, 5.41) is 67.7. The van der Waals surface area contributed by atoms with Gasteiger partial charge in [0.05, 0.1) is 57.6 Å². The van der Waals surface area contributed by atoms with E-state index >= 15 is 24.0 Å². The first kappa shape index (κ1) is 113. The molecule has 22 N–H and O–H groups in total. The number of hydrogen-bond acceptors (Lipinski definition) is 25. The number of imidazole rings is 1. The molecule has 2 aromatic carbocycles. The van der Waals surface area contributed by atoms with Crippen LogP contribution in [0.15, 0.2) is 73.3 Å². The van der Waals surface area contributed by atoms with Crippen LogP contribution in [0.3, 0.4) is 0 Å². The van der Waals surface area contributed by atoms with E-state index in [2.05, 4.69) is 105 Å². The molecule has 10 atom stereocenters. The number of carbonyl (C=O) groups excluding carboxylic acids is 16. The third-order valence-electron chi connectivity index (χ3n) is 23.9. The van der Waals surface area contributed by atoms with E-state index in [0.717, 1.165) is 60.2 Å². The predicted octanol–water partition coefficient (Wildman–Crippen LogP) is -0.473. The number of benzene rings is 2. The highest BCUT2D eigenvalue weighted by Crippen LogP contribution is 2.24. The van der Waals surface area contributed by atoms with Crippen molar-refractivity contribution in [2.45, 2.75) is 280 Å². The number of nitrogens with two attached hydrogens (primary N) is 2. The average molecular weight is 1940 g/mol. The highest BCUT2D eigenvalue weighted by atomic mass is 16.5. The molecule has 0 bridgehead atoms. The van der Waals surface area contributed by atoms with Crippen LogP contribution in [0.1, 0.15) is 216 Å². The number of H-pyrrole nitrogens is 3. The molecule has 0 aliphatic carbocycles. The number of para-hydroxylation sites is 1. The minimum atomic E-state index is -1.74. The number of unbranched alkanes of at least 4 members (excludes halogenated alkanes) is 13. The Bertz CT molecular complexity index is 4700. The maximum Gasteiger partial charge on any atom is 0.246 e. The SMILES string of the molecule is CCCC[C@H](NC(=O)CN(CCN(C)C)C(=O)[C@H](Cc1c[nH]cn1)NC(=O)[C@H](CCC(N)=O)NC(=O)[C@H](CO)NC(=O)CNC(=O)COCCOCCNC(=O)CCCCCCCCCCCCCCCc1nnn[nH]1)C(=O)N[C@H]1CCC(=O)NCCCC[C@@H](C(C)=O)NC(=O)[C@H](Cc2c[nH]c3ccccc23)NC(=O)[C@H](CCCNC(=N)N)NC(=O)[C@@H](Cc2ccccc2)NC(=O)[C@@H]2CCCN2C1=O. The smallest absolute Gasteiger partial charge is 0.246 e. The average Bonchev–Trinajstić information content (AvgIpc) is 1.69. The van der Waals surface area contributed by atoms with Gasteiger partial charge < -0.3 is 120 Å². The van der Waals surface area contributed by atoms with Gasteiger partial charge in [0, 0.05) is 108 Å². The number of nitrogens with zero attached hydrogens (tertiary/aromatic N) is 7. The van der Waals surface area contributed by atoms with E-state index in [0.29, 0.717) is 43.2 Å². The van der Waals surface area contributed by atoms with Crippen molar-refractivity contribution in [2.24, 2.45) is 11.5 Å². The Morgan fingerprint density at radius 3 is 1.96 bits per heavy atom. The summed E-state index contributed by atoms with van der Waals surface area (Å²) in [6.45, 7) is 0.882. The highest BCUT2D eigenvalue weighted by Gasteiger charge is 2.42. The Morgan fingerprint density at radius 1 is 0.619 bits per heavy atom. The van der Waals surface area contributed by atoms with Gasteiger partial charge in [-0.25, -0.2) is 10.1 Å². The van der Waals surface area contributed by atoms with E-state index in [1.165, 1.54) is 75.7 Å². The number of rotatable bonds is 58. The number of primary amides is 1. The van der Waals surface area contributed by atoms with Crippen LogP contribution in [-0.2, 0) is 112 Å². The number of aliphatic hydroxyl groups is 1. The standard InChI is InChI=1S/C94H146N26O19/c1-5-6-32-69(85(129)110-72-40-42-81(125)99-43-26-25-33-67(62(2)122)107-89(133)74(53-64-55-102-68-34-24-23-31-66(64)68)111-86(130)70(35-27-44-101-94(96)97)108-88(132)73(52-63-29-19-18-20-30-63)112-91(135)77-36-28-46-120(77)93(72)137)105-83(127)58-119(48-47-118(3)4)92(136)75(54-65-56-98-61-104-65)113-87(131)71(39-41-78(95)123)109-90(134)76(59-121)106-82(126)57-103-84(128)60-139-51-50-138-49-45-100-80(124)38-22-17-15-13-11-9-7-8-10-12-14-16-21-37-79-114-116-117-115-79/h18-20,23-24,29-31,34,55-56,61,67,69-77,102,121H,5-17,21-22,25-28,32-33,35-54,57-60H2,1-4H3,(H2,95,123)(H,98,104)(H,99,125)(H,100,124)(H,103,128)(H,105,127)(H,106,126)(H,107,133)(H,108,132)(H,109,134)(H,110,129)(H,111,130)(H,112,135)(H,113,131)(H4,96,97,101)(H,114,115,116,117)/t67-,69-,70-,71-,72-,73+,74-,75-,76-,77-/m0/s1. The molecule has 5 aromatic rings. The van der Waals surface area contributed by atoms with Crippen LogP contribution in [0.4, 0.5) is 0 Å². The molecule has 2 saturated heterocycles. The monoisotopic (exact) mass is 1940 g/mol. The van der Waals surface area contributed by atoms with Gasteiger partial charge in [-0.3, -0.25) is 82.1 Å². The molecule has 2 fully saturated rings. The van der Waals surface area contributed by atoms with Gasteiger partial charge in [-0.15, -0.1) is 5.10 Å². The molecular formula is C94H146N26O19. The van der Waals surface area contributed by atoms with Gasteiger partial charge in [-0.05, 0) is 126 Å². The molecule has 15 amide bonds. The quantitative estimate of drug-likeness (QED) is 0.0133. The van der Waals surface area contributed by atoms with Crippen molar-refractivity contribution in [3.63, 3.8) is 0 Å². The number of likely N-dealkylation sites (N-methyl/N-ethyl adjacent to an activating group) is 1. The Kier molecular flexibility index (Phi) is 51.7. The summed E-state index contributed by atoms with van der Waals surface area (Å²) in [4.78, 5) is 241. The van der Waals surface area contributed by atoms with Gasteiger partial charge in [0.25, 0.3) is 0 Å². The van der Waals surface area contributed by atoms with Crippen LogP contribution in [0, 0.1) is 5.41 Å². The van der Waals surface area contributed by atoms with Crippen molar-refractivity contribution in [3.8, 4) is 0 Å². The van der Waals surface area contributed by atoms with Crippen molar-refractivity contribution in [1.82, 2.24) is 119 Å². The topological polar surface area (TPSA) is 653 Å². The molecule has 45 heteroatoms. The molecular weight excluding hydrogens is 1800 g/mol. The molecule has 0 saturated carbocycles. The van der Waals surface area contributed by atoms with Gasteiger partial charge in [-0.1, -0.05) is 139 Å². The van der Waals surface area contributed by atoms with Gasteiger partial charge in [0.15, 0.2) is 11.7 Å². The van der Waals surface area contributed by atoms with Crippen molar-refractivity contribution >= 4 is 111 Å². The van der Waals surface area contributed by atoms with E-state index in [1.807, 2.05) is 31.2 Å². The number of ether oxygens (including phenoxy) is 2. The van der Waals surface area contributed by atoms with E-state index in [9.17, 15) is 57.8 Å². The van der Waals surface area contributed by atoms with Crippen LogP contribution in [0.2, 0.25) is 0 Å². The van der Waals surface area contributed by atoms with Gasteiger partial charge in [0.2, 0.25) is 88.6 Å². The Morgan fingerprint density at radius 2 is 1.27 bits per heavy atom. The Balaban J connectivity index is 0.966. The van der Waals surface area contributed by atoms with Gasteiger partial charge in [-0.2, -0.15) is 0 Å². The summed E-state index contributed by atoms with van der Waals surface area (Å²) in [6.07, 6.45) is 20.4. The van der Waals surface area contributed by atoms with E-state index in [4.69, 9.17) is 26.4 Å². The Labute approximate surface area is 810 Å². The second-order valence-corrected chi connectivity index (χ2v) is 35.5. The van der Waals surface area contributed by atoms with Crippen LogP contribution >= 0.6 is 0 Å². The second-order valence-electron chi connectivity index (χ2n) is 35.5. The number of aromatic amines is 3. The van der Waals surface area contributed by atoms with E-state index in [1.54, 1.807) is 55.5 Å². The van der Waals surface area contributed by atoms with Crippen molar-refractivity contribution in [1.29, 1.82) is 5.41 Å². The highest BCUT2D eigenvalue weighted by molar-refractivity contribution is 6.00. The number of nitrogens with one attached hydrogen (secondary N) is 17. The number of guanidine groups is 1. The van der Waals surface area contributed by atoms with Crippen LogP contribution < -0.4 is 80.6 Å². The number of aromatic nitrogens is 7. The van der Waals surface area contributed by atoms with Gasteiger partial charge >= 0.3 is 0 Å². The van der Waals surface area contributed by atoms with Crippen molar-refractivity contribution in [2.75, 3.05) is 99.5 Å². The maximum atomic E-state index is 15.4. The number of carbonyl (C=O) groups is 16. The molecule has 139 heavy (non-hydrogen) atoms. The number of aryl methyl sites for hydroxylation is 1. The van der Waals surface area contributed by atoms with Gasteiger partial charge in [0.1, 0.15) is 66.8 Å². The molecule has 0 unspecified atom stereocenters. The minimum Gasteiger partial charge on any atom is -0.394 e.